The van der Waals surface area contributed by atoms with Crippen molar-refractivity contribution in [2.75, 3.05) is 38.3 Å². The number of rotatable bonds is 5. The third kappa shape index (κ3) is 4.02. The molecule has 1 N–H and O–H groups in total. The second-order valence-electron chi connectivity index (χ2n) is 5.54. The number of carbonyl (C=O) groups is 1. The SMILES string of the molecule is COc1cccc(C(=O)NCc2ccnc(N3CCOCC3)c2)c1. The molecule has 0 aliphatic carbocycles. The molecule has 0 spiro atoms. The van der Waals surface area contributed by atoms with E-state index in [1.54, 1.807) is 31.5 Å². The molecule has 3 rings (SSSR count). The van der Waals surface area contributed by atoms with E-state index in [1.807, 2.05) is 18.2 Å². The fourth-order valence-corrected chi connectivity index (χ4v) is 2.58. The van der Waals surface area contributed by atoms with Crippen LogP contribution < -0.4 is 15.0 Å². The fourth-order valence-electron chi connectivity index (χ4n) is 2.58. The zero-order valence-corrected chi connectivity index (χ0v) is 13.7. The number of hydrogen-bond acceptors (Lipinski definition) is 5. The minimum absolute atomic E-state index is 0.126. The number of anilines is 1. The molecule has 0 atom stereocenters. The maximum atomic E-state index is 12.3. The predicted molar refractivity (Wildman–Crippen MR) is 91.4 cm³/mol. The summed E-state index contributed by atoms with van der Waals surface area (Å²) < 4.78 is 10.5. The lowest BCUT2D eigenvalue weighted by atomic mass is 10.2. The van der Waals surface area contributed by atoms with Crippen LogP contribution in [0, 0.1) is 0 Å². The first-order valence-electron chi connectivity index (χ1n) is 7.96. The van der Waals surface area contributed by atoms with E-state index in [9.17, 15) is 4.79 Å². The Kier molecular flexibility index (Phi) is 5.28. The van der Waals surface area contributed by atoms with Gasteiger partial charge in [-0.25, -0.2) is 4.98 Å². The summed E-state index contributed by atoms with van der Waals surface area (Å²) in [6, 6.07) is 11.0. The van der Waals surface area contributed by atoms with E-state index in [4.69, 9.17) is 9.47 Å². The zero-order valence-electron chi connectivity index (χ0n) is 13.7. The molecule has 1 amide bonds. The lowest BCUT2D eigenvalue weighted by molar-refractivity contribution is 0.0950. The van der Waals surface area contributed by atoms with Crippen LogP contribution in [0.4, 0.5) is 5.82 Å². The van der Waals surface area contributed by atoms with Gasteiger partial charge in [0.15, 0.2) is 0 Å². The number of aromatic nitrogens is 1. The van der Waals surface area contributed by atoms with Crippen LogP contribution >= 0.6 is 0 Å². The summed E-state index contributed by atoms with van der Waals surface area (Å²) in [5, 5.41) is 2.93. The van der Waals surface area contributed by atoms with Crippen LogP contribution in [0.25, 0.3) is 0 Å². The third-order valence-electron chi connectivity index (χ3n) is 3.93. The molecule has 2 heterocycles. The number of amides is 1. The lowest BCUT2D eigenvalue weighted by Gasteiger charge is -2.28. The van der Waals surface area contributed by atoms with Gasteiger partial charge in [-0.1, -0.05) is 6.07 Å². The molecule has 1 aromatic heterocycles. The van der Waals surface area contributed by atoms with Crippen molar-refractivity contribution >= 4 is 11.7 Å². The Bertz CT molecular complexity index is 699. The molecule has 6 nitrogen and oxygen atoms in total. The molecule has 1 aliphatic heterocycles. The van der Waals surface area contributed by atoms with Crippen molar-refractivity contribution in [2.45, 2.75) is 6.54 Å². The number of methoxy groups -OCH3 is 1. The third-order valence-corrected chi connectivity index (χ3v) is 3.93. The smallest absolute Gasteiger partial charge is 0.251 e. The van der Waals surface area contributed by atoms with Gasteiger partial charge in [0, 0.05) is 31.4 Å². The van der Waals surface area contributed by atoms with E-state index in [2.05, 4.69) is 15.2 Å². The summed E-state index contributed by atoms with van der Waals surface area (Å²) in [7, 11) is 1.58. The first kappa shape index (κ1) is 16.3. The quantitative estimate of drug-likeness (QED) is 0.908. The number of ether oxygens (including phenoxy) is 2. The fraction of sp³-hybridized carbons (Fsp3) is 0.333. The van der Waals surface area contributed by atoms with Gasteiger partial charge in [0.2, 0.25) is 0 Å². The Morgan fingerprint density at radius 2 is 2.12 bits per heavy atom. The van der Waals surface area contributed by atoms with Crippen LogP contribution in [0.5, 0.6) is 5.75 Å². The minimum atomic E-state index is -0.126. The summed E-state index contributed by atoms with van der Waals surface area (Å²) in [6.45, 7) is 3.58. The molecule has 6 heteroatoms. The van der Waals surface area contributed by atoms with Gasteiger partial charge >= 0.3 is 0 Å². The van der Waals surface area contributed by atoms with E-state index in [1.165, 1.54) is 0 Å². The average Bonchev–Trinajstić information content (AvgIpc) is 2.67. The predicted octanol–water partition coefficient (Wildman–Crippen LogP) is 1.86. The molecule has 0 radical (unpaired) electrons. The Hall–Kier alpha value is -2.60. The molecular weight excluding hydrogens is 306 g/mol. The number of morpholine rings is 1. The minimum Gasteiger partial charge on any atom is -0.497 e. The molecule has 0 bridgehead atoms. The molecule has 1 aliphatic rings. The average molecular weight is 327 g/mol. The van der Waals surface area contributed by atoms with E-state index < -0.39 is 0 Å². The number of pyridine rings is 1. The molecule has 2 aromatic rings. The highest BCUT2D eigenvalue weighted by Gasteiger charge is 2.13. The molecular formula is C18H21N3O3. The lowest BCUT2D eigenvalue weighted by Crippen LogP contribution is -2.36. The molecule has 0 unspecified atom stereocenters. The van der Waals surface area contributed by atoms with E-state index in [-0.39, 0.29) is 5.91 Å². The van der Waals surface area contributed by atoms with E-state index in [0.29, 0.717) is 17.9 Å². The first-order valence-corrected chi connectivity index (χ1v) is 7.96. The Morgan fingerprint density at radius 3 is 2.92 bits per heavy atom. The largest absolute Gasteiger partial charge is 0.497 e. The second-order valence-corrected chi connectivity index (χ2v) is 5.54. The second kappa shape index (κ2) is 7.79. The van der Waals surface area contributed by atoms with Crippen molar-refractivity contribution in [1.29, 1.82) is 0 Å². The Morgan fingerprint density at radius 1 is 1.29 bits per heavy atom. The molecule has 1 saturated heterocycles. The summed E-state index contributed by atoms with van der Waals surface area (Å²) in [6.07, 6.45) is 1.78. The number of nitrogens with one attached hydrogen (secondary N) is 1. The van der Waals surface area contributed by atoms with Crippen LogP contribution in [0.15, 0.2) is 42.6 Å². The number of benzene rings is 1. The normalized spacial score (nSPS) is 14.3. The van der Waals surface area contributed by atoms with Gasteiger partial charge in [0.25, 0.3) is 5.91 Å². The van der Waals surface area contributed by atoms with Gasteiger partial charge in [-0.2, -0.15) is 0 Å². The van der Waals surface area contributed by atoms with Crippen molar-refractivity contribution in [2.24, 2.45) is 0 Å². The maximum Gasteiger partial charge on any atom is 0.251 e. The van der Waals surface area contributed by atoms with Crippen LogP contribution in [-0.4, -0.2) is 44.3 Å². The van der Waals surface area contributed by atoms with Crippen LogP contribution in [0.1, 0.15) is 15.9 Å². The maximum absolute atomic E-state index is 12.3. The van der Waals surface area contributed by atoms with E-state index >= 15 is 0 Å². The summed E-state index contributed by atoms with van der Waals surface area (Å²) in [4.78, 5) is 18.9. The Balaban J connectivity index is 1.62. The topological polar surface area (TPSA) is 63.7 Å². The highest BCUT2D eigenvalue weighted by molar-refractivity contribution is 5.94. The summed E-state index contributed by atoms with van der Waals surface area (Å²) in [5.41, 5.74) is 1.60. The highest BCUT2D eigenvalue weighted by Crippen LogP contribution is 2.15. The van der Waals surface area contributed by atoms with Crippen LogP contribution in [-0.2, 0) is 11.3 Å². The van der Waals surface area contributed by atoms with Gasteiger partial charge in [-0.15, -0.1) is 0 Å². The van der Waals surface area contributed by atoms with Crippen molar-refractivity contribution < 1.29 is 14.3 Å². The van der Waals surface area contributed by atoms with Gasteiger partial charge < -0.3 is 19.7 Å². The summed E-state index contributed by atoms with van der Waals surface area (Å²) >= 11 is 0. The van der Waals surface area contributed by atoms with Crippen LogP contribution in [0.3, 0.4) is 0 Å². The standard InChI is InChI=1S/C18H21N3O3/c1-23-16-4-2-3-15(12-16)18(22)20-13-14-5-6-19-17(11-14)21-7-9-24-10-8-21/h2-6,11-12H,7-10,13H2,1H3,(H,20,22). The van der Waals surface area contributed by atoms with Crippen molar-refractivity contribution in [3.05, 3.63) is 53.7 Å². The van der Waals surface area contributed by atoms with Gasteiger partial charge in [0.1, 0.15) is 11.6 Å². The first-order chi connectivity index (χ1) is 11.8. The molecule has 126 valence electrons. The van der Waals surface area contributed by atoms with Gasteiger partial charge in [-0.3, -0.25) is 4.79 Å². The summed E-state index contributed by atoms with van der Waals surface area (Å²) in [5.74, 6) is 1.46. The molecule has 1 fully saturated rings. The monoisotopic (exact) mass is 327 g/mol. The van der Waals surface area contributed by atoms with Crippen molar-refractivity contribution in [1.82, 2.24) is 10.3 Å². The molecule has 0 saturated carbocycles. The van der Waals surface area contributed by atoms with Gasteiger partial charge in [-0.05, 0) is 35.9 Å². The highest BCUT2D eigenvalue weighted by atomic mass is 16.5. The number of hydrogen-bond donors (Lipinski definition) is 1. The molecule has 24 heavy (non-hydrogen) atoms. The number of carbonyl (C=O) groups excluding carboxylic acids is 1. The van der Waals surface area contributed by atoms with Crippen LogP contribution in [0.2, 0.25) is 0 Å². The number of nitrogens with zero attached hydrogens (tertiary/aromatic N) is 2. The van der Waals surface area contributed by atoms with Crippen molar-refractivity contribution in [3.8, 4) is 5.75 Å². The van der Waals surface area contributed by atoms with Crippen molar-refractivity contribution in [3.63, 3.8) is 0 Å². The van der Waals surface area contributed by atoms with Gasteiger partial charge in [0.05, 0.1) is 20.3 Å². The van der Waals surface area contributed by atoms with E-state index in [0.717, 1.165) is 37.7 Å². The zero-order chi connectivity index (χ0) is 16.8. The molecule has 1 aromatic carbocycles. The Labute approximate surface area is 141 Å².